The van der Waals surface area contributed by atoms with Gasteiger partial charge in [-0.2, -0.15) is 0 Å². The molecule has 0 amide bonds. The fraction of sp³-hybridized carbons (Fsp3) is 0.455. The minimum absolute atomic E-state index is 0.303. The summed E-state index contributed by atoms with van der Waals surface area (Å²) in [6.45, 7) is 3.84. The van der Waals surface area contributed by atoms with E-state index in [9.17, 15) is 0 Å². The number of hydrogen-bond acceptors (Lipinski definition) is 4. The summed E-state index contributed by atoms with van der Waals surface area (Å²) in [6, 6.07) is 16.4. The summed E-state index contributed by atoms with van der Waals surface area (Å²) in [5, 5.41) is 0. The van der Waals surface area contributed by atoms with E-state index in [4.69, 9.17) is 18.9 Å². The van der Waals surface area contributed by atoms with Crippen molar-refractivity contribution in [2.45, 2.75) is 51.1 Å². The summed E-state index contributed by atoms with van der Waals surface area (Å²) in [6.07, 6.45) is 3.99. The molecule has 2 aliphatic heterocycles. The van der Waals surface area contributed by atoms with Crippen molar-refractivity contribution in [1.82, 2.24) is 0 Å². The molecule has 0 radical (unpaired) electrons. The summed E-state index contributed by atoms with van der Waals surface area (Å²) in [4.78, 5) is 0. The average molecular weight is 354 g/mol. The highest BCUT2D eigenvalue weighted by Gasteiger charge is 2.26. The van der Waals surface area contributed by atoms with E-state index in [-0.39, 0.29) is 6.29 Å². The zero-order valence-corrected chi connectivity index (χ0v) is 15.2. The predicted molar refractivity (Wildman–Crippen MR) is 99.7 cm³/mol. The number of hydrogen-bond donors (Lipinski definition) is 0. The first-order valence-corrected chi connectivity index (χ1v) is 9.54. The Labute approximate surface area is 155 Å². The Morgan fingerprint density at radius 3 is 1.73 bits per heavy atom. The van der Waals surface area contributed by atoms with Gasteiger partial charge in [0, 0.05) is 19.3 Å². The average Bonchev–Trinajstić information content (AvgIpc) is 3.55. The van der Waals surface area contributed by atoms with Crippen LogP contribution in [0.3, 0.4) is 0 Å². The van der Waals surface area contributed by atoms with Crippen LogP contribution in [0.4, 0.5) is 0 Å². The fourth-order valence-electron chi connectivity index (χ4n) is 3.10. The molecule has 0 bridgehead atoms. The Hall–Kier alpha value is -2.04. The van der Waals surface area contributed by atoms with Crippen molar-refractivity contribution in [3.8, 4) is 11.5 Å². The van der Waals surface area contributed by atoms with Crippen molar-refractivity contribution in [2.75, 3.05) is 13.2 Å². The monoisotopic (exact) mass is 354 g/mol. The van der Waals surface area contributed by atoms with Crippen LogP contribution in [0.5, 0.6) is 11.5 Å². The van der Waals surface area contributed by atoms with Gasteiger partial charge in [-0.3, -0.25) is 0 Å². The van der Waals surface area contributed by atoms with Crippen molar-refractivity contribution in [3.05, 3.63) is 59.7 Å². The minimum Gasteiger partial charge on any atom is -0.455 e. The third-order valence-electron chi connectivity index (χ3n) is 4.69. The van der Waals surface area contributed by atoms with Gasteiger partial charge in [0.25, 0.3) is 0 Å². The molecular formula is C22H26O4. The standard InChI is InChI=1S/C22H26O4/c1-2-7-22(25-20-10-5-3-8-16(20)12-18-14-23-18)26-21-11-6-4-9-17(21)13-19-15-24-19/h3-6,8-11,18-19,22H,2,7,12-15H2,1H3. The van der Waals surface area contributed by atoms with E-state index in [0.29, 0.717) is 12.2 Å². The quantitative estimate of drug-likeness (QED) is 0.475. The zero-order chi connectivity index (χ0) is 17.8. The van der Waals surface area contributed by atoms with Crippen LogP contribution in [0.15, 0.2) is 48.5 Å². The van der Waals surface area contributed by atoms with Gasteiger partial charge in [0.05, 0.1) is 25.4 Å². The molecule has 0 aliphatic carbocycles. The van der Waals surface area contributed by atoms with Gasteiger partial charge < -0.3 is 18.9 Å². The van der Waals surface area contributed by atoms with Crippen molar-refractivity contribution < 1.29 is 18.9 Å². The molecule has 2 aliphatic rings. The van der Waals surface area contributed by atoms with Crippen LogP contribution in [0.1, 0.15) is 30.9 Å². The summed E-state index contributed by atoms with van der Waals surface area (Å²) in [5.74, 6) is 1.79. The van der Waals surface area contributed by atoms with Crippen molar-refractivity contribution in [1.29, 1.82) is 0 Å². The lowest BCUT2D eigenvalue weighted by Gasteiger charge is -2.23. The van der Waals surface area contributed by atoms with Gasteiger partial charge in [-0.1, -0.05) is 43.3 Å². The van der Waals surface area contributed by atoms with E-state index in [1.165, 1.54) is 11.1 Å². The van der Waals surface area contributed by atoms with E-state index < -0.39 is 0 Å². The van der Waals surface area contributed by atoms with Gasteiger partial charge >= 0.3 is 0 Å². The summed E-state index contributed by atoms with van der Waals surface area (Å²) < 4.78 is 23.3. The summed E-state index contributed by atoms with van der Waals surface area (Å²) in [7, 11) is 0. The lowest BCUT2D eigenvalue weighted by Crippen LogP contribution is -2.25. The first-order valence-electron chi connectivity index (χ1n) is 9.54. The maximum absolute atomic E-state index is 6.29. The number of benzene rings is 2. The van der Waals surface area contributed by atoms with Crippen LogP contribution >= 0.6 is 0 Å². The molecule has 2 aromatic rings. The Bertz CT molecular complexity index is 662. The van der Waals surface area contributed by atoms with E-state index in [1.54, 1.807) is 0 Å². The highest BCUT2D eigenvalue weighted by Crippen LogP contribution is 2.29. The minimum atomic E-state index is -0.303. The molecule has 2 atom stereocenters. The van der Waals surface area contributed by atoms with E-state index in [2.05, 4.69) is 19.1 Å². The molecule has 2 unspecified atom stereocenters. The van der Waals surface area contributed by atoms with Crippen LogP contribution in [0.25, 0.3) is 0 Å². The number of rotatable bonds is 10. The van der Waals surface area contributed by atoms with Crippen LogP contribution in [0.2, 0.25) is 0 Å². The number of epoxide rings is 2. The predicted octanol–water partition coefficient (Wildman–Crippen LogP) is 4.15. The largest absolute Gasteiger partial charge is 0.455 e. The Morgan fingerprint density at radius 1 is 0.846 bits per heavy atom. The Balaban J connectivity index is 1.48. The summed E-state index contributed by atoms with van der Waals surface area (Å²) in [5.41, 5.74) is 2.36. The molecule has 26 heavy (non-hydrogen) atoms. The topological polar surface area (TPSA) is 43.5 Å². The van der Waals surface area contributed by atoms with Crippen molar-refractivity contribution in [2.24, 2.45) is 0 Å². The molecule has 2 saturated heterocycles. The first kappa shape index (κ1) is 17.4. The van der Waals surface area contributed by atoms with Crippen molar-refractivity contribution in [3.63, 3.8) is 0 Å². The molecular weight excluding hydrogens is 328 g/mol. The molecule has 2 fully saturated rings. The smallest absolute Gasteiger partial charge is 0.241 e. The molecule has 0 saturated carbocycles. The van der Waals surface area contributed by atoms with Crippen LogP contribution < -0.4 is 9.47 Å². The van der Waals surface area contributed by atoms with Crippen LogP contribution in [-0.2, 0) is 22.3 Å². The second-order valence-electron chi connectivity index (χ2n) is 6.99. The zero-order valence-electron chi connectivity index (χ0n) is 15.2. The molecule has 2 aromatic carbocycles. The molecule has 4 rings (SSSR count). The molecule has 138 valence electrons. The second-order valence-corrected chi connectivity index (χ2v) is 6.99. The number of ether oxygens (including phenoxy) is 4. The third-order valence-corrected chi connectivity index (χ3v) is 4.69. The normalized spacial score (nSPS) is 21.9. The molecule has 2 heterocycles. The van der Waals surface area contributed by atoms with Crippen LogP contribution in [0, 0.1) is 0 Å². The van der Waals surface area contributed by atoms with Crippen molar-refractivity contribution >= 4 is 0 Å². The molecule has 0 spiro atoms. The van der Waals surface area contributed by atoms with Gasteiger partial charge in [-0.15, -0.1) is 0 Å². The lowest BCUT2D eigenvalue weighted by atomic mass is 10.1. The third kappa shape index (κ3) is 4.77. The van der Waals surface area contributed by atoms with Gasteiger partial charge in [0.15, 0.2) is 0 Å². The maximum atomic E-state index is 6.29. The first-order chi connectivity index (χ1) is 12.8. The molecule has 0 N–H and O–H groups in total. The second kappa shape index (κ2) is 8.11. The fourth-order valence-corrected chi connectivity index (χ4v) is 3.10. The van der Waals surface area contributed by atoms with Gasteiger partial charge in [-0.25, -0.2) is 0 Å². The molecule has 0 aromatic heterocycles. The van der Waals surface area contributed by atoms with Gasteiger partial charge in [0.2, 0.25) is 6.29 Å². The Kier molecular flexibility index (Phi) is 5.42. The number of para-hydroxylation sites is 2. The maximum Gasteiger partial charge on any atom is 0.241 e. The Morgan fingerprint density at radius 2 is 1.31 bits per heavy atom. The summed E-state index contributed by atoms with van der Waals surface area (Å²) >= 11 is 0. The van der Waals surface area contributed by atoms with E-state index in [1.807, 2.05) is 36.4 Å². The molecule has 4 heteroatoms. The van der Waals surface area contributed by atoms with Crippen LogP contribution in [-0.4, -0.2) is 31.7 Å². The van der Waals surface area contributed by atoms with E-state index in [0.717, 1.165) is 50.4 Å². The lowest BCUT2D eigenvalue weighted by molar-refractivity contribution is -0.00252. The van der Waals surface area contributed by atoms with Gasteiger partial charge in [0.1, 0.15) is 11.5 Å². The highest BCUT2D eigenvalue weighted by atomic mass is 16.7. The van der Waals surface area contributed by atoms with E-state index >= 15 is 0 Å². The molecule has 4 nitrogen and oxygen atoms in total. The van der Waals surface area contributed by atoms with Gasteiger partial charge in [-0.05, 0) is 29.7 Å². The highest BCUT2D eigenvalue weighted by molar-refractivity contribution is 5.36. The SMILES string of the molecule is CCCC(Oc1ccccc1CC1CO1)Oc1ccccc1CC1CO1.